The number of nitrogens with zero attached hydrogens (tertiary/aromatic N) is 2. The monoisotopic (exact) mass is 544 g/mol. The Bertz CT molecular complexity index is 1390. The number of hydrogen-bond donors (Lipinski definition) is 2. The van der Waals surface area contributed by atoms with Crippen LogP contribution in [0.2, 0.25) is 5.02 Å². The molecular weight excluding hydrogens is 516 g/mol. The molecule has 3 rings (SSSR count). The Morgan fingerprint density at radius 1 is 1.14 bits per heavy atom. The van der Waals surface area contributed by atoms with Crippen LogP contribution < -0.4 is 19.5 Å². The van der Waals surface area contributed by atoms with Crippen LogP contribution in [0.15, 0.2) is 59.6 Å². The third-order valence-corrected chi connectivity index (χ3v) is 8.01. The van der Waals surface area contributed by atoms with Gasteiger partial charge in [0.15, 0.2) is 11.5 Å². The summed E-state index contributed by atoms with van der Waals surface area (Å²) in [5, 5.41) is 12.2. The zero-order chi connectivity index (χ0) is 27.2. The molecule has 0 saturated heterocycles. The molecule has 1 aromatic heterocycles. The van der Waals surface area contributed by atoms with E-state index in [2.05, 4.69) is 16.1 Å². The number of carbonyl (C=O) groups excluding carboxylic acids is 1. The number of aryl methyl sites for hydroxylation is 1. The molecule has 2 N–H and O–H groups in total. The van der Waals surface area contributed by atoms with Crippen LogP contribution in [0.3, 0.4) is 0 Å². The first-order valence-corrected chi connectivity index (χ1v) is 13.3. The number of nitrogens with one attached hydrogen (secondary N) is 2. The molecule has 196 valence electrons. The van der Waals surface area contributed by atoms with Crippen LogP contribution in [0.5, 0.6) is 11.5 Å². The Morgan fingerprint density at radius 3 is 2.51 bits per heavy atom. The van der Waals surface area contributed by atoms with Crippen molar-refractivity contribution in [2.45, 2.75) is 43.8 Å². The molecular formula is C26H29ClN4O5S. The van der Waals surface area contributed by atoms with E-state index >= 15 is 0 Å². The topological polar surface area (TPSA) is 122 Å². The zero-order valence-electron chi connectivity index (χ0n) is 21.0. The second-order valence-electron chi connectivity index (χ2n) is 8.46. The van der Waals surface area contributed by atoms with Gasteiger partial charge in [-0.2, -0.15) is 9.98 Å². The van der Waals surface area contributed by atoms with Crippen LogP contribution in [0.25, 0.3) is 0 Å². The summed E-state index contributed by atoms with van der Waals surface area (Å²) in [5.41, 5.74) is 1.59. The molecule has 2 unspecified atom stereocenters. The first-order valence-electron chi connectivity index (χ1n) is 11.4. The fourth-order valence-electron chi connectivity index (χ4n) is 4.04. The van der Waals surface area contributed by atoms with E-state index in [-0.39, 0.29) is 28.9 Å². The molecule has 0 aliphatic carbocycles. The van der Waals surface area contributed by atoms with Crippen LogP contribution in [-0.4, -0.2) is 39.2 Å². The van der Waals surface area contributed by atoms with Gasteiger partial charge in [0, 0.05) is 18.8 Å². The van der Waals surface area contributed by atoms with Gasteiger partial charge < -0.3 is 19.4 Å². The number of rotatable bonds is 11. The zero-order valence-corrected chi connectivity index (χ0v) is 22.6. The van der Waals surface area contributed by atoms with Crippen LogP contribution in [-0.2, 0) is 21.4 Å². The molecule has 11 heteroatoms. The van der Waals surface area contributed by atoms with Gasteiger partial charge in [-0.3, -0.25) is 4.79 Å². The minimum absolute atomic E-state index is 0.0576. The largest absolute Gasteiger partial charge is 0.493 e. The lowest BCUT2D eigenvalue weighted by molar-refractivity contribution is -0.123. The van der Waals surface area contributed by atoms with Gasteiger partial charge >= 0.3 is 0 Å². The number of methoxy groups -OCH3 is 2. The van der Waals surface area contributed by atoms with Gasteiger partial charge in [-0.05, 0) is 61.7 Å². The van der Waals surface area contributed by atoms with E-state index in [1.54, 1.807) is 60.2 Å². The molecule has 2 aromatic carbocycles. The minimum atomic E-state index is -4.15. The van der Waals surface area contributed by atoms with Crippen molar-refractivity contribution in [1.82, 2.24) is 14.6 Å². The van der Waals surface area contributed by atoms with Gasteiger partial charge in [0.25, 0.3) is 0 Å². The molecule has 0 saturated carbocycles. The standard InChI is InChI=1S/C26H29ClN4O5S/c1-17-7-5-9-21(27)25(17)37(33,34)30-22(13-18(2)31-12-6-8-20(31)15-28)26(32)29-16-19-10-11-23(35-3)24(14-19)36-4/h5-12,14,18,22,30H,13,16H2,1-4H3,(H,29,32). The van der Waals surface area contributed by atoms with E-state index in [1.807, 2.05) is 6.92 Å². The number of amides is 1. The second kappa shape index (κ2) is 12.1. The number of aromatic nitrogens is 1. The first-order chi connectivity index (χ1) is 17.6. The Hall–Kier alpha value is -3.52. The number of sulfonamides is 1. The summed E-state index contributed by atoms with van der Waals surface area (Å²) in [6, 6.07) is 14.0. The highest BCUT2D eigenvalue weighted by Gasteiger charge is 2.30. The molecule has 0 fully saturated rings. The molecule has 0 spiro atoms. The summed E-state index contributed by atoms with van der Waals surface area (Å²) in [4.78, 5) is 13.2. The number of carbonyl (C=O) groups is 1. The number of nitriles is 1. The summed E-state index contributed by atoms with van der Waals surface area (Å²) < 4.78 is 41.5. The van der Waals surface area contributed by atoms with Crippen molar-refractivity contribution in [3.8, 4) is 17.6 Å². The van der Waals surface area contributed by atoms with Crippen molar-refractivity contribution in [3.05, 3.63) is 76.6 Å². The number of ether oxygens (including phenoxy) is 2. The molecule has 0 radical (unpaired) electrons. The lowest BCUT2D eigenvalue weighted by Crippen LogP contribution is -2.47. The van der Waals surface area contributed by atoms with Gasteiger partial charge in [0.05, 0.1) is 19.2 Å². The predicted molar refractivity (Wildman–Crippen MR) is 140 cm³/mol. The Morgan fingerprint density at radius 2 is 1.86 bits per heavy atom. The van der Waals surface area contributed by atoms with E-state index in [0.717, 1.165) is 5.56 Å². The van der Waals surface area contributed by atoms with E-state index in [9.17, 15) is 18.5 Å². The van der Waals surface area contributed by atoms with Gasteiger partial charge in [-0.25, -0.2) is 8.42 Å². The quantitative estimate of drug-likeness (QED) is 0.377. The van der Waals surface area contributed by atoms with Crippen molar-refractivity contribution < 1.29 is 22.7 Å². The molecule has 1 heterocycles. The van der Waals surface area contributed by atoms with E-state index in [4.69, 9.17) is 21.1 Å². The Balaban J connectivity index is 1.87. The molecule has 0 bridgehead atoms. The lowest BCUT2D eigenvalue weighted by atomic mass is 10.1. The number of halogens is 1. The normalized spacial score (nSPS) is 12.9. The molecule has 37 heavy (non-hydrogen) atoms. The van der Waals surface area contributed by atoms with E-state index in [1.165, 1.54) is 20.3 Å². The van der Waals surface area contributed by atoms with Gasteiger partial charge in [-0.15, -0.1) is 0 Å². The molecule has 2 atom stereocenters. The maximum Gasteiger partial charge on any atom is 0.243 e. The Kier molecular flexibility index (Phi) is 9.21. The summed E-state index contributed by atoms with van der Waals surface area (Å²) in [6.45, 7) is 3.57. The van der Waals surface area contributed by atoms with Crippen molar-refractivity contribution in [2.75, 3.05) is 14.2 Å². The third kappa shape index (κ3) is 6.63. The average Bonchev–Trinajstić information content (AvgIpc) is 3.35. The number of hydrogen-bond acceptors (Lipinski definition) is 6. The predicted octanol–water partition coefficient (Wildman–Crippen LogP) is 3.95. The van der Waals surface area contributed by atoms with Crippen LogP contribution in [0, 0.1) is 18.3 Å². The maximum atomic E-state index is 13.3. The first kappa shape index (κ1) is 28.1. The lowest BCUT2D eigenvalue weighted by Gasteiger charge is -2.24. The van der Waals surface area contributed by atoms with Gasteiger partial charge in [0.2, 0.25) is 15.9 Å². The molecule has 9 nitrogen and oxygen atoms in total. The molecule has 0 aliphatic rings. The van der Waals surface area contributed by atoms with Crippen molar-refractivity contribution in [2.24, 2.45) is 0 Å². The van der Waals surface area contributed by atoms with Crippen LogP contribution in [0.1, 0.15) is 36.2 Å². The third-order valence-electron chi connectivity index (χ3n) is 5.91. The molecule has 1 amide bonds. The summed E-state index contributed by atoms with van der Waals surface area (Å²) in [5.74, 6) is 0.527. The summed E-state index contributed by atoms with van der Waals surface area (Å²) in [7, 11) is -1.11. The van der Waals surface area contributed by atoms with Crippen LogP contribution >= 0.6 is 11.6 Å². The molecule has 0 aliphatic heterocycles. The number of benzene rings is 2. The van der Waals surface area contributed by atoms with E-state index < -0.39 is 22.0 Å². The maximum absolute atomic E-state index is 13.3. The highest BCUT2D eigenvalue weighted by atomic mass is 35.5. The highest BCUT2D eigenvalue weighted by Crippen LogP contribution is 2.28. The van der Waals surface area contributed by atoms with Gasteiger partial charge in [0.1, 0.15) is 22.7 Å². The average molecular weight is 545 g/mol. The van der Waals surface area contributed by atoms with Crippen molar-refractivity contribution in [3.63, 3.8) is 0 Å². The van der Waals surface area contributed by atoms with Crippen LogP contribution in [0.4, 0.5) is 0 Å². The smallest absolute Gasteiger partial charge is 0.243 e. The Labute approximate surface area is 222 Å². The second-order valence-corrected chi connectivity index (χ2v) is 10.5. The SMILES string of the molecule is COc1ccc(CNC(=O)C(CC(C)n2cccc2C#N)NS(=O)(=O)c2c(C)cccc2Cl)cc1OC. The minimum Gasteiger partial charge on any atom is -0.493 e. The van der Waals surface area contributed by atoms with E-state index in [0.29, 0.717) is 22.8 Å². The fraction of sp³-hybridized carbons (Fsp3) is 0.308. The van der Waals surface area contributed by atoms with Crippen molar-refractivity contribution >= 4 is 27.5 Å². The van der Waals surface area contributed by atoms with Crippen molar-refractivity contribution in [1.29, 1.82) is 5.26 Å². The fourth-order valence-corrected chi connectivity index (χ4v) is 6.08. The highest BCUT2D eigenvalue weighted by molar-refractivity contribution is 7.89. The summed E-state index contributed by atoms with van der Waals surface area (Å²) in [6.07, 6.45) is 1.80. The summed E-state index contributed by atoms with van der Waals surface area (Å²) >= 11 is 6.22. The molecule has 3 aromatic rings. The van der Waals surface area contributed by atoms with Gasteiger partial charge in [-0.1, -0.05) is 29.8 Å².